The molecule has 154 valence electrons. The molecule has 2 N–H and O–H groups in total. The molecule has 0 saturated heterocycles. The maximum atomic E-state index is 12.1. The number of para-hydroxylation sites is 1. The van der Waals surface area contributed by atoms with Crippen molar-refractivity contribution < 1.29 is 9.53 Å². The lowest BCUT2D eigenvalue weighted by Crippen LogP contribution is -2.13. The van der Waals surface area contributed by atoms with E-state index in [9.17, 15) is 4.79 Å². The first-order chi connectivity index (χ1) is 14.4. The highest BCUT2D eigenvalue weighted by molar-refractivity contribution is 7.22. The molecule has 30 heavy (non-hydrogen) atoms. The number of methoxy groups -OCH3 is 1. The predicted molar refractivity (Wildman–Crippen MR) is 125 cm³/mol. The van der Waals surface area contributed by atoms with E-state index in [-0.39, 0.29) is 0 Å². The van der Waals surface area contributed by atoms with Crippen LogP contribution >= 0.6 is 22.9 Å². The number of benzene rings is 2. The van der Waals surface area contributed by atoms with Crippen molar-refractivity contribution in [2.45, 2.75) is 26.8 Å². The minimum atomic E-state index is -0.411. The molecule has 2 heterocycles. The van der Waals surface area contributed by atoms with E-state index in [1.807, 2.05) is 49.4 Å². The molecular weight excluding hydrogens is 416 g/mol. The Morgan fingerprint density at radius 2 is 1.93 bits per heavy atom. The van der Waals surface area contributed by atoms with Crippen molar-refractivity contribution in [2.24, 2.45) is 5.73 Å². The number of carbonyl (C=O) groups excluding carboxylic acids is 1. The highest BCUT2D eigenvalue weighted by atomic mass is 35.5. The van der Waals surface area contributed by atoms with Crippen molar-refractivity contribution in [3.63, 3.8) is 0 Å². The van der Waals surface area contributed by atoms with Crippen LogP contribution in [0, 0.1) is 13.8 Å². The molecule has 0 spiro atoms. The van der Waals surface area contributed by atoms with E-state index >= 15 is 0 Å². The number of carbonyl (C=O) groups is 1. The number of rotatable bonds is 6. The summed E-state index contributed by atoms with van der Waals surface area (Å²) in [7, 11) is 1.68. The molecule has 0 aliphatic carbocycles. The second-order valence-corrected chi connectivity index (χ2v) is 8.79. The number of aryl methyl sites for hydroxylation is 2. The van der Waals surface area contributed by atoms with E-state index < -0.39 is 5.91 Å². The molecule has 0 unspecified atom stereocenters. The number of halogens is 1. The lowest BCUT2D eigenvalue weighted by molar-refractivity contribution is 0.0999. The van der Waals surface area contributed by atoms with Gasteiger partial charge in [-0.15, -0.1) is 11.3 Å². The minimum Gasteiger partial charge on any atom is -0.496 e. The summed E-state index contributed by atoms with van der Waals surface area (Å²) in [6.07, 6.45) is 0.778. The van der Waals surface area contributed by atoms with Crippen molar-refractivity contribution in [3.8, 4) is 16.3 Å². The van der Waals surface area contributed by atoms with Crippen LogP contribution in [-0.4, -0.2) is 17.6 Å². The average molecular weight is 439 g/mol. The van der Waals surface area contributed by atoms with Crippen molar-refractivity contribution in [3.05, 3.63) is 75.9 Å². The zero-order chi connectivity index (χ0) is 21.4. The molecular formula is C24H23ClN2O2S. The number of hydrogen-bond acceptors (Lipinski definition) is 3. The lowest BCUT2D eigenvalue weighted by Gasteiger charge is -2.13. The number of hydrogen-bond donors (Lipinski definition) is 1. The van der Waals surface area contributed by atoms with Crippen LogP contribution < -0.4 is 10.5 Å². The number of nitrogens with two attached hydrogens (primary N) is 1. The summed E-state index contributed by atoms with van der Waals surface area (Å²) in [5.74, 6) is 0.457. The number of fused-ring (bicyclic) bond motifs is 1. The third-order valence-corrected chi connectivity index (χ3v) is 7.09. The Hall–Kier alpha value is -2.76. The van der Waals surface area contributed by atoms with Gasteiger partial charge in [0.15, 0.2) is 0 Å². The van der Waals surface area contributed by atoms with Gasteiger partial charge in [-0.1, -0.05) is 29.8 Å². The van der Waals surface area contributed by atoms with Crippen LogP contribution in [0.25, 0.3) is 20.7 Å². The number of aromatic nitrogens is 1. The molecule has 0 atom stereocenters. The van der Waals surface area contributed by atoms with Crippen molar-refractivity contribution in [1.82, 2.24) is 4.57 Å². The van der Waals surface area contributed by atoms with Gasteiger partial charge < -0.3 is 15.0 Å². The van der Waals surface area contributed by atoms with Gasteiger partial charge >= 0.3 is 0 Å². The van der Waals surface area contributed by atoms with E-state index in [1.165, 1.54) is 4.70 Å². The third-order valence-electron chi connectivity index (χ3n) is 5.56. The maximum Gasteiger partial charge on any atom is 0.250 e. The Morgan fingerprint density at radius 1 is 1.17 bits per heavy atom. The molecule has 2 aromatic heterocycles. The number of primary amides is 1. The summed E-state index contributed by atoms with van der Waals surface area (Å²) in [5, 5.41) is 1.86. The molecule has 4 rings (SSSR count). The Morgan fingerprint density at radius 3 is 2.67 bits per heavy atom. The quantitative estimate of drug-likeness (QED) is 0.402. The van der Waals surface area contributed by atoms with Crippen LogP contribution in [-0.2, 0) is 13.0 Å². The monoisotopic (exact) mass is 438 g/mol. The van der Waals surface area contributed by atoms with Crippen molar-refractivity contribution >= 4 is 38.9 Å². The highest BCUT2D eigenvalue weighted by Crippen LogP contribution is 2.40. The fraction of sp³-hybridized carbons (Fsp3) is 0.208. The van der Waals surface area contributed by atoms with Crippen LogP contribution in [0.2, 0.25) is 5.02 Å². The summed E-state index contributed by atoms with van der Waals surface area (Å²) < 4.78 is 8.85. The molecule has 2 aromatic carbocycles. The predicted octanol–water partition coefficient (Wildman–Crippen LogP) is 5.99. The molecule has 0 saturated carbocycles. The number of ether oxygens (including phenoxy) is 1. The first-order valence-electron chi connectivity index (χ1n) is 9.71. The summed E-state index contributed by atoms with van der Waals surface area (Å²) in [5.41, 5.74) is 10.4. The normalized spacial score (nSPS) is 11.2. The van der Waals surface area contributed by atoms with Gasteiger partial charge in [-0.2, -0.15) is 0 Å². The van der Waals surface area contributed by atoms with E-state index in [2.05, 4.69) is 17.6 Å². The van der Waals surface area contributed by atoms with E-state index in [0.717, 1.165) is 50.0 Å². The largest absolute Gasteiger partial charge is 0.496 e. The summed E-state index contributed by atoms with van der Waals surface area (Å²) >= 11 is 7.93. The number of thiophene rings is 1. The molecule has 1 amide bonds. The van der Waals surface area contributed by atoms with Crippen LogP contribution in [0.3, 0.4) is 0 Å². The van der Waals surface area contributed by atoms with Crippen LogP contribution in [0.1, 0.15) is 27.2 Å². The van der Waals surface area contributed by atoms with Gasteiger partial charge in [0.2, 0.25) is 0 Å². The van der Waals surface area contributed by atoms with Crippen LogP contribution in [0.5, 0.6) is 5.75 Å². The molecule has 4 nitrogen and oxygen atoms in total. The topological polar surface area (TPSA) is 57.2 Å². The van der Waals surface area contributed by atoms with Gasteiger partial charge in [-0.3, -0.25) is 4.79 Å². The van der Waals surface area contributed by atoms with Crippen LogP contribution in [0.4, 0.5) is 0 Å². The van der Waals surface area contributed by atoms with E-state index in [4.69, 9.17) is 22.1 Å². The second kappa shape index (κ2) is 8.17. The standard InChI is InChI=1S/C24H23ClN2O2S/c1-14-18-12-17(25)8-9-22(18)30-23(14)20-13-19(24(26)28)15(2)27(20)11-10-16-6-4-5-7-21(16)29-3/h4-9,12-13H,10-11H2,1-3H3,(H2,26,28). The molecule has 0 fully saturated rings. The van der Waals surface area contributed by atoms with E-state index in [0.29, 0.717) is 12.1 Å². The Balaban J connectivity index is 1.81. The molecule has 4 aromatic rings. The lowest BCUT2D eigenvalue weighted by atomic mass is 10.1. The number of amides is 1. The molecule has 0 bridgehead atoms. The SMILES string of the molecule is COc1ccccc1CCn1c(-c2sc3ccc(Cl)cc3c2C)cc(C(N)=O)c1C. The van der Waals surface area contributed by atoms with Gasteiger partial charge in [0.25, 0.3) is 5.91 Å². The number of nitrogens with zero attached hydrogens (tertiary/aromatic N) is 1. The van der Waals surface area contributed by atoms with Gasteiger partial charge in [-0.05, 0) is 67.1 Å². The van der Waals surface area contributed by atoms with Gasteiger partial charge in [0.1, 0.15) is 5.75 Å². The zero-order valence-corrected chi connectivity index (χ0v) is 18.7. The highest BCUT2D eigenvalue weighted by Gasteiger charge is 2.21. The second-order valence-electron chi connectivity index (χ2n) is 7.30. The van der Waals surface area contributed by atoms with Crippen molar-refractivity contribution in [2.75, 3.05) is 7.11 Å². The van der Waals surface area contributed by atoms with E-state index in [1.54, 1.807) is 18.4 Å². The molecule has 0 aliphatic heterocycles. The zero-order valence-electron chi connectivity index (χ0n) is 17.2. The Labute approximate surface area is 184 Å². The molecule has 0 aliphatic rings. The molecule has 6 heteroatoms. The molecule has 0 radical (unpaired) electrons. The third kappa shape index (κ3) is 3.59. The fourth-order valence-electron chi connectivity index (χ4n) is 3.95. The minimum absolute atomic E-state index is 0.411. The Bertz CT molecular complexity index is 1260. The maximum absolute atomic E-state index is 12.1. The van der Waals surface area contributed by atoms with Gasteiger partial charge in [0, 0.05) is 22.0 Å². The fourth-order valence-corrected chi connectivity index (χ4v) is 5.34. The summed E-state index contributed by atoms with van der Waals surface area (Å²) in [6, 6.07) is 15.9. The summed E-state index contributed by atoms with van der Waals surface area (Å²) in [6.45, 7) is 4.76. The van der Waals surface area contributed by atoms with Crippen LogP contribution in [0.15, 0.2) is 48.5 Å². The Kier molecular flexibility index (Phi) is 5.58. The first kappa shape index (κ1) is 20.5. The van der Waals surface area contributed by atoms with Gasteiger partial charge in [0.05, 0.1) is 23.2 Å². The summed E-state index contributed by atoms with van der Waals surface area (Å²) in [4.78, 5) is 13.2. The smallest absolute Gasteiger partial charge is 0.250 e. The average Bonchev–Trinajstić information content (AvgIpc) is 3.23. The first-order valence-corrected chi connectivity index (χ1v) is 10.9. The van der Waals surface area contributed by atoms with Crippen molar-refractivity contribution in [1.29, 1.82) is 0 Å². The van der Waals surface area contributed by atoms with Gasteiger partial charge in [-0.25, -0.2) is 0 Å².